The third kappa shape index (κ3) is 3.31. The molecule has 0 aliphatic rings. The fourth-order valence-electron chi connectivity index (χ4n) is 1.37. The normalized spacial score (nSPS) is 13.1. The van der Waals surface area contributed by atoms with Crippen LogP contribution in [0.1, 0.15) is 24.7 Å². The van der Waals surface area contributed by atoms with Crippen LogP contribution >= 0.6 is 11.6 Å². The van der Waals surface area contributed by atoms with Crippen LogP contribution in [-0.2, 0) is 13.6 Å². The molecule has 4 heteroatoms. The molecule has 0 aromatic carbocycles. The van der Waals surface area contributed by atoms with Gasteiger partial charge in [0.25, 0.3) is 0 Å². The van der Waals surface area contributed by atoms with Crippen LogP contribution in [-0.4, -0.2) is 21.7 Å². The number of rotatable bonds is 5. The van der Waals surface area contributed by atoms with E-state index < -0.39 is 0 Å². The average molecular weight is 216 g/mol. The first kappa shape index (κ1) is 11.5. The third-order valence-corrected chi connectivity index (χ3v) is 2.49. The molecular formula is C10H18ClN3. The quantitative estimate of drug-likeness (QED) is 0.760. The first-order valence-corrected chi connectivity index (χ1v) is 5.45. The molecule has 0 amide bonds. The van der Waals surface area contributed by atoms with E-state index in [0.717, 1.165) is 18.7 Å². The Bertz CT molecular complexity index is 283. The summed E-state index contributed by atoms with van der Waals surface area (Å²) in [5.41, 5.74) is 2.28. The summed E-state index contributed by atoms with van der Waals surface area (Å²) in [6.45, 7) is 5.01. The number of halogens is 1. The number of nitrogens with zero attached hydrogens (tertiary/aromatic N) is 2. The zero-order chi connectivity index (χ0) is 10.6. The number of aromatic nitrogens is 2. The lowest BCUT2D eigenvalue weighted by atomic mass is 10.2. The Labute approximate surface area is 90.4 Å². The second-order valence-corrected chi connectivity index (χ2v) is 4.04. The van der Waals surface area contributed by atoms with Crippen LogP contribution in [0.25, 0.3) is 0 Å². The monoisotopic (exact) mass is 215 g/mol. The van der Waals surface area contributed by atoms with Crippen molar-refractivity contribution >= 4 is 11.6 Å². The Hall–Kier alpha value is -0.540. The Balaban J connectivity index is 2.41. The van der Waals surface area contributed by atoms with Gasteiger partial charge < -0.3 is 5.32 Å². The van der Waals surface area contributed by atoms with Crippen molar-refractivity contribution in [1.82, 2.24) is 15.1 Å². The minimum absolute atomic E-state index is 0.461. The molecule has 1 rings (SSSR count). The highest BCUT2D eigenvalue weighted by Crippen LogP contribution is 2.02. The van der Waals surface area contributed by atoms with Crippen molar-refractivity contribution in [2.24, 2.45) is 7.05 Å². The summed E-state index contributed by atoms with van der Waals surface area (Å²) in [6, 6.07) is 2.56. The van der Waals surface area contributed by atoms with Crippen LogP contribution in [0.5, 0.6) is 0 Å². The number of alkyl halides is 1. The Morgan fingerprint density at radius 1 is 1.64 bits per heavy atom. The van der Waals surface area contributed by atoms with Crippen LogP contribution in [0.3, 0.4) is 0 Å². The molecule has 14 heavy (non-hydrogen) atoms. The van der Waals surface area contributed by atoms with Gasteiger partial charge in [-0.25, -0.2) is 0 Å². The van der Waals surface area contributed by atoms with E-state index in [4.69, 9.17) is 11.6 Å². The first-order chi connectivity index (χ1) is 6.63. The second kappa shape index (κ2) is 5.37. The van der Waals surface area contributed by atoms with E-state index in [1.165, 1.54) is 5.69 Å². The molecule has 1 aromatic heterocycles. The van der Waals surface area contributed by atoms with Crippen molar-refractivity contribution in [3.8, 4) is 0 Å². The highest BCUT2D eigenvalue weighted by molar-refractivity contribution is 6.17. The lowest BCUT2D eigenvalue weighted by Crippen LogP contribution is -2.26. The molecule has 0 bridgehead atoms. The summed E-state index contributed by atoms with van der Waals surface area (Å²) < 4.78 is 1.91. The largest absolute Gasteiger partial charge is 0.309 e. The molecule has 0 spiro atoms. The predicted molar refractivity (Wildman–Crippen MR) is 59.6 cm³/mol. The van der Waals surface area contributed by atoms with Crippen molar-refractivity contribution in [3.05, 3.63) is 17.5 Å². The zero-order valence-electron chi connectivity index (χ0n) is 9.05. The first-order valence-electron chi connectivity index (χ1n) is 4.92. The lowest BCUT2D eigenvalue weighted by Gasteiger charge is -2.11. The van der Waals surface area contributed by atoms with Crippen molar-refractivity contribution in [3.63, 3.8) is 0 Å². The van der Waals surface area contributed by atoms with Gasteiger partial charge in [-0.1, -0.05) is 0 Å². The molecule has 0 saturated carbocycles. The predicted octanol–water partition coefficient (Wildman–Crippen LogP) is 1.84. The van der Waals surface area contributed by atoms with Gasteiger partial charge in [-0.3, -0.25) is 4.68 Å². The molecular weight excluding hydrogens is 198 g/mol. The number of aryl methyl sites for hydroxylation is 2. The molecule has 1 aromatic rings. The summed E-state index contributed by atoms with van der Waals surface area (Å²) in [4.78, 5) is 0. The molecule has 3 nitrogen and oxygen atoms in total. The topological polar surface area (TPSA) is 29.9 Å². The molecule has 1 atom stereocenters. The Morgan fingerprint density at radius 3 is 2.86 bits per heavy atom. The summed E-state index contributed by atoms with van der Waals surface area (Å²) in [5.74, 6) is 0.707. The number of nitrogens with one attached hydrogen (secondary N) is 1. The second-order valence-electron chi connectivity index (χ2n) is 3.66. The standard InChI is InChI=1S/C10H18ClN3/c1-8(4-5-11)12-7-10-6-9(2)13-14(10)3/h6,8,12H,4-5,7H2,1-3H3. The molecule has 0 saturated heterocycles. The Morgan fingerprint density at radius 2 is 2.36 bits per heavy atom. The van der Waals surface area contributed by atoms with Gasteiger partial charge in [-0.15, -0.1) is 11.6 Å². The maximum atomic E-state index is 5.66. The van der Waals surface area contributed by atoms with Gasteiger partial charge >= 0.3 is 0 Å². The van der Waals surface area contributed by atoms with Crippen molar-refractivity contribution in [2.75, 3.05) is 5.88 Å². The van der Waals surface area contributed by atoms with Gasteiger partial charge in [0.1, 0.15) is 0 Å². The van der Waals surface area contributed by atoms with E-state index in [2.05, 4.69) is 23.4 Å². The summed E-state index contributed by atoms with van der Waals surface area (Å²) in [6.07, 6.45) is 0.998. The highest BCUT2D eigenvalue weighted by Gasteiger charge is 2.04. The molecule has 0 aliphatic carbocycles. The van der Waals surface area contributed by atoms with Crippen LogP contribution < -0.4 is 5.32 Å². The minimum atomic E-state index is 0.461. The Kier molecular flexibility index (Phi) is 4.42. The number of hydrogen-bond acceptors (Lipinski definition) is 2. The van der Waals surface area contributed by atoms with E-state index in [-0.39, 0.29) is 0 Å². The van der Waals surface area contributed by atoms with Crippen LogP contribution in [0.4, 0.5) is 0 Å². The molecule has 1 heterocycles. The van der Waals surface area contributed by atoms with Gasteiger partial charge in [-0.05, 0) is 26.3 Å². The van der Waals surface area contributed by atoms with Gasteiger partial charge in [0.15, 0.2) is 0 Å². The van der Waals surface area contributed by atoms with Crippen molar-refractivity contribution in [2.45, 2.75) is 32.9 Å². The molecule has 0 radical (unpaired) electrons. The van der Waals surface area contributed by atoms with Crippen molar-refractivity contribution < 1.29 is 0 Å². The third-order valence-electron chi connectivity index (χ3n) is 2.27. The fraction of sp³-hybridized carbons (Fsp3) is 0.700. The SMILES string of the molecule is Cc1cc(CNC(C)CCCl)n(C)n1. The molecule has 1 unspecified atom stereocenters. The van der Waals surface area contributed by atoms with Crippen LogP contribution in [0.15, 0.2) is 6.07 Å². The molecule has 80 valence electrons. The van der Waals surface area contributed by atoms with Crippen molar-refractivity contribution in [1.29, 1.82) is 0 Å². The molecule has 1 N–H and O–H groups in total. The highest BCUT2D eigenvalue weighted by atomic mass is 35.5. The number of hydrogen-bond donors (Lipinski definition) is 1. The summed E-state index contributed by atoms with van der Waals surface area (Å²) in [5, 5.41) is 7.69. The maximum Gasteiger partial charge on any atom is 0.0597 e. The van der Waals surface area contributed by atoms with Gasteiger partial charge in [-0.2, -0.15) is 5.10 Å². The van der Waals surface area contributed by atoms with Crippen LogP contribution in [0.2, 0.25) is 0 Å². The fourth-order valence-corrected chi connectivity index (χ4v) is 1.70. The summed E-state index contributed by atoms with van der Waals surface area (Å²) in [7, 11) is 1.97. The minimum Gasteiger partial charge on any atom is -0.309 e. The maximum absolute atomic E-state index is 5.66. The van der Waals surface area contributed by atoms with E-state index in [0.29, 0.717) is 11.9 Å². The lowest BCUT2D eigenvalue weighted by molar-refractivity contribution is 0.518. The smallest absolute Gasteiger partial charge is 0.0597 e. The average Bonchev–Trinajstić information content (AvgIpc) is 2.42. The van der Waals surface area contributed by atoms with Crippen LogP contribution in [0, 0.1) is 6.92 Å². The van der Waals surface area contributed by atoms with E-state index in [1.807, 2.05) is 18.7 Å². The van der Waals surface area contributed by atoms with E-state index in [1.54, 1.807) is 0 Å². The zero-order valence-corrected chi connectivity index (χ0v) is 9.80. The summed E-state index contributed by atoms with van der Waals surface area (Å²) >= 11 is 5.66. The van der Waals surface area contributed by atoms with Gasteiger partial charge in [0, 0.05) is 25.5 Å². The van der Waals surface area contributed by atoms with Gasteiger partial charge in [0.05, 0.1) is 11.4 Å². The molecule has 0 fully saturated rings. The van der Waals surface area contributed by atoms with Gasteiger partial charge in [0.2, 0.25) is 0 Å². The van der Waals surface area contributed by atoms with E-state index >= 15 is 0 Å². The molecule has 0 aliphatic heterocycles. The van der Waals surface area contributed by atoms with E-state index in [9.17, 15) is 0 Å².